The van der Waals surface area contributed by atoms with Gasteiger partial charge in [-0.2, -0.15) is 5.26 Å². The van der Waals surface area contributed by atoms with Crippen LogP contribution in [-0.4, -0.2) is 11.6 Å². The molecule has 0 aromatic carbocycles. The van der Waals surface area contributed by atoms with Crippen LogP contribution in [-0.2, 0) is 9.53 Å². The van der Waals surface area contributed by atoms with E-state index in [4.69, 9.17) is 10.00 Å². The Morgan fingerprint density at radius 1 is 1.53 bits per heavy atom. The molecule has 2 unspecified atom stereocenters. The topological polar surface area (TPSA) is 50.1 Å². The summed E-state index contributed by atoms with van der Waals surface area (Å²) in [5.41, 5.74) is -0.454. The normalized spacial score (nSPS) is 25.7. The summed E-state index contributed by atoms with van der Waals surface area (Å²) in [5.74, 6) is -0.520. The molecule has 0 N–H and O–H groups in total. The van der Waals surface area contributed by atoms with Gasteiger partial charge in [0.15, 0.2) is 0 Å². The first-order valence-corrected chi connectivity index (χ1v) is 5.21. The molecule has 1 aliphatic rings. The van der Waals surface area contributed by atoms with Crippen molar-refractivity contribution in [2.45, 2.75) is 39.2 Å². The number of nitrogens with zero attached hydrogens (tertiary/aromatic N) is 1. The summed E-state index contributed by atoms with van der Waals surface area (Å²) < 4.78 is 5.27. The number of carbonyl (C=O) groups excluding carboxylic acids is 1. The van der Waals surface area contributed by atoms with Crippen molar-refractivity contribution < 1.29 is 9.53 Å². The van der Waals surface area contributed by atoms with Gasteiger partial charge >= 0.3 is 5.97 Å². The number of hydrogen-bond acceptors (Lipinski definition) is 3. The molecule has 0 aromatic heterocycles. The Bertz CT molecular complexity index is 307. The third-order valence-electron chi connectivity index (χ3n) is 2.22. The molecule has 1 rings (SSSR count). The number of carbonyl (C=O) groups is 1. The molecule has 0 saturated heterocycles. The summed E-state index contributed by atoms with van der Waals surface area (Å²) in [7, 11) is 0. The summed E-state index contributed by atoms with van der Waals surface area (Å²) in [6.45, 7) is 5.54. The van der Waals surface area contributed by atoms with Crippen molar-refractivity contribution in [1.82, 2.24) is 0 Å². The van der Waals surface area contributed by atoms with E-state index in [9.17, 15) is 4.79 Å². The zero-order chi connectivity index (χ0) is 11.5. The van der Waals surface area contributed by atoms with E-state index in [1.807, 2.05) is 32.9 Å². The Labute approximate surface area is 90.7 Å². The van der Waals surface area contributed by atoms with Crippen molar-refractivity contribution in [3.8, 4) is 6.07 Å². The lowest BCUT2D eigenvalue weighted by Crippen LogP contribution is -2.29. The Morgan fingerprint density at radius 3 is 2.73 bits per heavy atom. The van der Waals surface area contributed by atoms with Crippen molar-refractivity contribution in [2.75, 3.05) is 0 Å². The maximum atomic E-state index is 11.7. The van der Waals surface area contributed by atoms with Crippen molar-refractivity contribution in [1.29, 1.82) is 5.26 Å². The fourth-order valence-electron chi connectivity index (χ4n) is 1.55. The monoisotopic (exact) mass is 207 g/mol. The molecule has 0 heterocycles. The van der Waals surface area contributed by atoms with Crippen molar-refractivity contribution in [3.05, 3.63) is 12.2 Å². The van der Waals surface area contributed by atoms with Gasteiger partial charge in [0.1, 0.15) is 5.60 Å². The highest BCUT2D eigenvalue weighted by Gasteiger charge is 2.27. The van der Waals surface area contributed by atoms with Crippen LogP contribution in [0.1, 0.15) is 33.6 Å². The molecule has 0 fully saturated rings. The molecule has 3 nitrogen and oxygen atoms in total. The fourth-order valence-corrected chi connectivity index (χ4v) is 1.55. The van der Waals surface area contributed by atoms with Crippen LogP contribution in [0.3, 0.4) is 0 Å². The second-order valence-electron chi connectivity index (χ2n) is 4.87. The van der Waals surface area contributed by atoms with E-state index in [0.29, 0.717) is 6.42 Å². The standard InChI is InChI=1S/C12H17NO2/c1-12(2,3)15-11(14)10-6-4-5-9(7-10)8-13/h4,6,9-10H,5,7H2,1-3H3. The lowest BCUT2D eigenvalue weighted by atomic mass is 9.87. The van der Waals surface area contributed by atoms with Crippen LogP contribution in [0, 0.1) is 23.2 Å². The minimum atomic E-state index is -0.454. The minimum Gasteiger partial charge on any atom is -0.460 e. The summed E-state index contributed by atoms with van der Waals surface area (Å²) in [6, 6.07) is 2.19. The van der Waals surface area contributed by atoms with Gasteiger partial charge in [0.05, 0.1) is 17.9 Å². The Balaban J connectivity index is 2.58. The van der Waals surface area contributed by atoms with Gasteiger partial charge in [-0.15, -0.1) is 0 Å². The molecular weight excluding hydrogens is 190 g/mol. The predicted molar refractivity (Wildman–Crippen MR) is 56.8 cm³/mol. The number of esters is 1. The van der Waals surface area contributed by atoms with Crippen molar-refractivity contribution >= 4 is 5.97 Å². The van der Waals surface area contributed by atoms with E-state index in [-0.39, 0.29) is 17.8 Å². The average Bonchev–Trinajstić information content (AvgIpc) is 2.15. The molecule has 2 atom stereocenters. The SMILES string of the molecule is CC(C)(C)OC(=O)C1C=CCC(C#N)C1. The molecule has 0 spiro atoms. The number of allylic oxidation sites excluding steroid dienone is 1. The zero-order valence-electron chi connectivity index (χ0n) is 9.49. The molecule has 15 heavy (non-hydrogen) atoms. The van der Waals surface area contributed by atoms with Crippen molar-refractivity contribution in [2.24, 2.45) is 11.8 Å². The highest BCUT2D eigenvalue weighted by Crippen LogP contribution is 2.25. The zero-order valence-corrected chi connectivity index (χ0v) is 9.49. The first kappa shape index (κ1) is 11.8. The van der Waals surface area contributed by atoms with E-state index in [1.165, 1.54) is 0 Å². The lowest BCUT2D eigenvalue weighted by molar-refractivity contribution is -0.158. The van der Waals surface area contributed by atoms with Crippen LogP contribution in [0.25, 0.3) is 0 Å². The molecule has 0 bridgehead atoms. The second-order valence-corrected chi connectivity index (χ2v) is 4.87. The molecular formula is C12H17NO2. The first-order valence-electron chi connectivity index (χ1n) is 5.21. The van der Waals surface area contributed by atoms with Gasteiger partial charge in [0, 0.05) is 0 Å². The van der Waals surface area contributed by atoms with E-state index in [0.717, 1.165) is 6.42 Å². The maximum absolute atomic E-state index is 11.7. The largest absolute Gasteiger partial charge is 0.460 e. The number of hydrogen-bond donors (Lipinski definition) is 0. The highest BCUT2D eigenvalue weighted by atomic mass is 16.6. The van der Waals surface area contributed by atoms with Gasteiger partial charge in [0.25, 0.3) is 0 Å². The van der Waals surface area contributed by atoms with E-state index >= 15 is 0 Å². The molecule has 82 valence electrons. The van der Waals surface area contributed by atoms with E-state index in [1.54, 1.807) is 0 Å². The van der Waals surface area contributed by atoms with Gasteiger partial charge in [-0.05, 0) is 33.6 Å². The van der Waals surface area contributed by atoms with Crippen LogP contribution < -0.4 is 0 Å². The molecule has 1 aliphatic carbocycles. The van der Waals surface area contributed by atoms with Gasteiger partial charge in [-0.1, -0.05) is 12.2 Å². The number of ether oxygens (including phenoxy) is 1. The first-order chi connectivity index (χ1) is 6.92. The van der Waals surface area contributed by atoms with Crippen molar-refractivity contribution in [3.63, 3.8) is 0 Å². The summed E-state index contributed by atoms with van der Waals surface area (Å²) in [5, 5.41) is 8.79. The maximum Gasteiger partial charge on any atom is 0.313 e. The number of nitriles is 1. The molecule has 0 saturated carbocycles. The number of rotatable bonds is 1. The van der Waals surface area contributed by atoms with Gasteiger partial charge < -0.3 is 4.74 Å². The Morgan fingerprint density at radius 2 is 2.20 bits per heavy atom. The Hall–Kier alpha value is -1.30. The van der Waals surface area contributed by atoms with Crippen LogP contribution in [0.15, 0.2) is 12.2 Å². The summed E-state index contributed by atoms with van der Waals surface area (Å²) in [4.78, 5) is 11.7. The predicted octanol–water partition coefficient (Wildman–Crippen LogP) is 2.43. The minimum absolute atomic E-state index is 0.0486. The van der Waals surface area contributed by atoms with E-state index in [2.05, 4.69) is 6.07 Å². The van der Waals surface area contributed by atoms with Crippen LogP contribution in [0.2, 0.25) is 0 Å². The Kier molecular flexibility index (Phi) is 3.52. The van der Waals surface area contributed by atoms with Gasteiger partial charge in [0.2, 0.25) is 0 Å². The quantitative estimate of drug-likeness (QED) is 0.490. The molecule has 0 aliphatic heterocycles. The lowest BCUT2D eigenvalue weighted by Gasteiger charge is -2.24. The van der Waals surface area contributed by atoms with Crippen LogP contribution >= 0.6 is 0 Å². The highest BCUT2D eigenvalue weighted by molar-refractivity contribution is 5.75. The third kappa shape index (κ3) is 3.75. The summed E-state index contributed by atoms with van der Waals surface area (Å²) >= 11 is 0. The second kappa shape index (κ2) is 4.48. The molecule has 0 radical (unpaired) electrons. The van der Waals surface area contributed by atoms with E-state index < -0.39 is 5.60 Å². The molecule has 3 heteroatoms. The van der Waals surface area contributed by atoms with Crippen LogP contribution in [0.5, 0.6) is 0 Å². The summed E-state index contributed by atoms with van der Waals surface area (Å²) in [6.07, 6.45) is 5.07. The average molecular weight is 207 g/mol. The molecule has 0 amide bonds. The molecule has 0 aromatic rings. The van der Waals surface area contributed by atoms with Crippen LogP contribution in [0.4, 0.5) is 0 Å². The smallest absolute Gasteiger partial charge is 0.313 e. The third-order valence-corrected chi connectivity index (χ3v) is 2.22. The van der Waals surface area contributed by atoms with Gasteiger partial charge in [-0.3, -0.25) is 4.79 Å². The van der Waals surface area contributed by atoms with Gasteiger partial charge in [-0.25, -0.2) is 0 Å². The fraction of sp³-hybridized carbons (Fsp3) is 0.667.